The molecule has 1 aliphatic heterocycles. The first kappa shape index (κ1) is 17.7. The van der Waals surface area contributed by atoms with Gasteiger partial charge in [0, 0.05) is 19.9 Å². The predicted molar refractivity (Wildman–Crippen MR) is 95.4 cm³/mol. The van der Waals surface area contributed by atoms with Gasteiger partial charge in [-0.05, 0) is 38.3 Å². The fourth-order valence-electron chi connectivity index (χ4n) is 3.95. The summed E-state index contributed by atoms with van der Waals surface area (Å²) in [5.74, 6) is 0.732. The van der Waals surface area contributed by atoms with Crippen LogP contribution in [0.1, 0.15) is 51.4 Å². The molecule has 7 heteroatoms. The van der Waals surface area contributed by atoms with Gasteiger partial charge in [0.15, 0.2) is 11.5 Å². The summed E-state index contributed by atoms with van der Waals surface area (Å²) in [5.41, 5.74) is 0.583. The zero-order valence-electron chi connectivity index (χ0n) is 15.2. The van der Waals surface area contributed by atoms with E-state index >= 15 is 0 Å². The topological polar surface area (TPSA) is 71.8 Å². The molecule has 136 valence electrons. The first-order valence-corrected chi connectivity index (χ1v) is 8.98. The SMILES string of the molecule is CCC[C@]1(COC)CCCN1C(=O)N[C@@H](C)c1nnc2ccccn12. The van der Waals surface area contributed by atoms with Gasteiger partial charge in [0.25, 0.3) is 0 Å². The number of amides is 2. The molecule has 7 nitrogen and oxygen atoms in total. The second kappa shape index (κ2) is 7.39. The zero-order chi connectivity index (χ0) is 17.9. The van der Waals surface area contributed by atoms with E-state index in [4.69, 9.17) is 4.74 Å². The van der Waals surface area contributed by atoms with Crippen molar-refractivity contribution in [2.75, 3.05) is 20.3 Å². The fourth-order valence-corrected chi connectivity index (χ4v) is 3.95. The first-order valence-electron chi connectivity index (χ1n) is 8.98. The number of aromatic nitrogens is 3. The quantitative estimate of drug-likeness (QED) is 0.874. The average Bonchev–Trinajstić information content (AvgIpc) is 3.20. The number of carbonyl (C=O) groups is 1. The van der Waals surface area contributed by atoms with Crippen molar-refractivity contribution in [3.63, 3.8) is 0 Å². The van der Waals surface area contributed by atoms with Crippen LogP contribution in [0.4, 0.5) is 4.79 Å². The van der Waals surface area contributed by atoms with Crippen LogP contribution in [0.25, 0.3) is 5.65 Å². The summed E-state index contributed by atoms with van der Waals surface area (Å²) < 4.78 is 7.35. The number of likely N-dealkylation sites (tertiary alicyclic amines) is 1. The van der Waals surface area contributed by atoms with Gasteiger partial charge >= 0.3 is 6.03 Å². The number of rotatable bonds is 6. The van der Waals surface area contributed by atoms with Crippen molar-refractivity contribution in [2.45, 2.75) is 51.1 Å². The van der Waals surface area contributed by atoms with Crippen molar-refractivity contribution >= 4 is 11.7 Å². The van der Waals surface area contributed by atoms with Crippen LogP contribution in [0, 0.1) is 0 Å². The minimum atomic E-state index is -0.229. The van der Waals surface area contributed by atoms with Gasteiger partial charge in [-0.1, -0.05) is 19.4 Å². The third-order valence-electron chi connectivity index (χ3n) is 5.04. The molecule has 0 saturated carbocycles. The van der Waals surface area contributed by atoms with Crippen LogP contribution in [0.2, 0.25) is 0 Å². The highest BCUT2D eigenvalue weighted by Crippen LogP contribution is 2.34. The number of hydrogen-bond acceptors (Lipinski definition) is 4. The first-order chi connectivity index (χ1) is 12.1. The second-order valence-corrected chi connectivity index (χ2v) is 6.82. The molecule has 3 rings (SSSR count). The molecule has 2 amide bonds. The van der Waals surface area contributed by atoms with Crippen LogP contribution in [-0.4, -0.2) is 51.3 Å². The molecule has 1 aliphatic rings. The highest BCUT2D eigenvalue weighted by atomic mass is 16.5. The standard InChI is InChI=1S/C18H27N5O2/c1-4-9-18(13-25-3)10-7-12-23(18)17(24)19-14(2)16-21-20-15-8-5-6-11-22(15)16/h5-6,8,11,14H,4,7,9-10,12-13H2,1-3H3,(H,19,24)/t14-,18+/m0/s1. The molecule has 1 N–H and O–H groups in total. The van der Waals surface area contributed by atoms with Crippen LogP contribution >= 0.6 is 0 Å². The lowest BCUT2D eigenvalue weighted by molar-refractivity contribution is 0.0494. The van der Waals surface area contributed by atoms with Gasteiger partial charge < -0.3 is 15.0 Å². The lowest BCUT2D eigenvalue weighted by Crippen LogP contribution is -2.54. The van der Waals surface area contributed by atoms with E-state index in [-0.39, 0.29) is 17.6 Å². The van der Waals surface area contributed by atoms with E-state index in [1.54, 1.807) is 7.11 Å². The Morgan fingerprint density at radius 3 is 3.04 bits per heavy atom. The van der Waals surface area contributed by atoms with E-state index in [1.807, 2.05) is 40.6 Å². The molecule has 2 aromatic rings. The van der Waals surface area contributed by atoms with E-state index in [2.05, 4.69) is 22.4 Å². The van der Waals surface area contributed by atoms with Crippen LogP contribution in [0.3, 0.4) is 0 Å². The van der Waals surface area contributed by atoms with Gasteiger partial charge in [0.1, 0.15) is 0 Å². The summed E-state index contributed by atoms with van der Waals surface area (Å²) in [5, 5.41) is 11.5. The Balaban J connectivity index is 1.76. The number of ether oxygens (including phenoxy) is 1. The molecule has 0 bridgehead atoms. The second-order valence-electron chi connectivity index (χ2n) is 6.82. The average molecular weight is 345 g/mol. The highest BCUT2D eigenvalue weighted by molar-refractivity contribution is 5.76. The van der Waals surface area contributed by atoms with Crippen molar-refractivity contribution in [1.82, 2.24) is 24.8 Å². The lowest BCUT2D eigenvalue weighted by Gasteiger charge is -2.38. The van der Waals surface area contributed by atoms with Crippen molar-refractivity contribution < 1.29 is 9.53 Å². The summed E-state index contributed by atoms with van der Waals surface area (Å²) in [6.45, 7) is 5.44. The highest BCUT2D eigenvalue weighted by Gasteiger charge is 2.43. The van der Waals surface area contributed by atoms with E-state index < -0.39 is 0 Å². The molecule has 0 spiro atoms. The fraction of sp³-hybridized carbons (Fsp3) is 0.611. The minimum absolute atomic E-state index is 0.0526. The molecular formula is C18H27N5O2. The number of nitrogens with zero attached hydrogens (tertiary/aromatic N) is 4. The molecule has 2 atom stereocenters. The number of hydrogen-bond donors (Lipinski definition) is 1. The molecule has 25 heavy (non-hydrogen) atoms. The molecule has 2 aromatic heterocycles. The van der Waals surface area contributed by atoms with Crippen molar-refractivity contribution in [1.29, 1.82) is 0 Å². The van der Waals surface area contributed by atoms with Gasteiger partial charge in [-0.15, -0.1) is 10.2 Å². The van der Waals surface area contributed by atoms with E-state index in [1.165, 1.54) is 0 Å². The maximum Gasteiger partial charge on any atom is 0.318 e. The van der Waals surface area contributed by atoms with Gasteiger partial charge in [-0.2, -0.15) is 0 Å². The summed E-state index contributed by atoms with van der Waals surface area (Å²) in [6.07, 6.45) is 5.90. The van der Waals surface area contributed by atoms with Gasteiger partial charge in [0.2, 0.25) is 0 Å². The number of pyridine rings is 1. The van der Waals surface area contributed by atoms with Crippen molar-refractivity contribution in [3.8, 4) is 0 Å². The monoisotopic (exact) mass is 345 g/mol. The smallest absolute Gasteiger partial charge is 0.318 e. The number of carbonyl (C=O) groups excluding carboxylic acids is 1. The van der Waals surface area contributed by atoms with E-state index in [9.17, 15) is 4.79 Å². The lowest BCUT2D eigenvalue weighted by atomic mass is 9.91. The maximum absolute atomic E-state index is 13.0. The Morgan fingerprint density at radius 1 is 1.44 bits per heavy atom. The largest absolute Gasteiger partial charge is 0.382 e. The Bertz CT molecular complexity index is 723. The van der Waals surface area contributed by atoms with Crippen molar-refractivity contribution in [3.05, 3.63) is 30.2 Å². The number of fused-ring (bicyclic) bond motifs is 1. The zero-order valence-corrected chi connectivity index (χ0v) is 15.2. The van der Waals surface area contributed by atoms with E-state index in [0.29, 0.717) is 6.61 Å². The Hall–Kier alpha value is -2.15. The summed E-state index contributed by atoms with van der Waals surface area (Å²) in [7, 11) is 1.71. The predicted octanol–water partition coefficient (Wildman–Crippen LogP) is 2.78. The Morgan fingerprint density at radius 2 is 2.28 bits per heavy atom. The summed E-state index contributed by atoms with van der Waals surface area (Å²) in [4.78, 5) is 14.9. The summed E-state index contributed by atoms with van der Waals surface area (Å²) >= 11 is 0. The van der Waals surface area contributed by atoms with Crippen LogP contribution in [-0.2, 0) is 4.74 Å². The van der Waals surface area contributed by atoms with E-state index in [0.717, 1.165) is 43.7 Å². The number of nitrogens with one attached hydrogen (secondary N) is 1. The van der Waals surface area contributed by atoms with Crippen LogP contribution in [0.5, 0.6) is 0 Å². The molecule has 0 aliphatic carbocycles. The third kappa shape index (κ3) is 3.33. The molecular weight excluding hydrogens is 318 g/mol. The normalized spacial score (nSPS) is 21.6. The Kier molecular flexibility index (Phi) is 5.22. The van der Waals surface area contributed by atoms with Crippen LogP contribution < -0.4 is 5.32 Å². The Labute approximate surface area is 148 Å². The summed E-state index contributed by atoms with van der Waals surface area (Å²) in [6, 6.07) is 5.47. The molecule has 0 radical (unpaired) electrons. The van der Waals surface area contributed by atoms with Gasteiger partial charge in [-0.25, -0.2) is 4.79 Å². The van der Waals surface area contributed by atoms with Crippen LogP contribution in [0.15, 0.2) is 24.4 Å². The van der Waals surface area contributed by atoms with Gasteiger partial charge in [-0.3, -0.25) is 4.40 Å². The maximum atomic E-state index is 13.0. The minimum Gasteiger partial charge on any atom is -0.382 e. The molecule has 1 saturated heterocycles. The molecule has 0 unspecified atom stereocenters. The molecule has 3 heterocycles. The number of urea groups is 1. The number of methoxy groups -OCH3 is 1. The van der Waals surface area contributed by atoms with Crippen molar-refractivity contribution in [2.24, 2.45) is 0 Å². The molecule has 1 fully saturated rings. The van der Waals surface area contributed by atoms with Gasteiger partial charge in [0.05, 0.1) is 18.2 Å². The molecule has 0 aromatic carbocycles. The third-order valence-corrected chi connectivity index (χ3v) is 5.04.